The Labute approximate surface area is 96.8 Å². The van der Waals surface area contributed by atoms with Crippen LogP contribution in [0, 0.1) is 17.3 Å². The highest BCUT2D eigenvalue weighted by Crippen LogP contribution is 2.58. The molecule has 0 aliphatic heterocycles. The Balaban J connectivity index is 2.54. The second kappa shape index (κ2) is 4.21. The van der Waals surface area contributed by atoms with Gasteiger partial charge in [0.2, 0.25) is 5.91 Å². The Morgan fingerprint density at radius 3 is 2.24 bits per heavy atom. The number of nitrogens with one attached hydrogen (secondary N) is 1. The van der Waals surface area contributed by atoms with Crippen LogP contribution in [0.4, 0.5) is 8.78 Å². The zero-order valence-corrected chi connectivity index (χ0v) is 9.54. The van der Waals surface area contributed by atoms with Gasteiger partial charge < -0.3 is 15.5 Å². The highest BCUT2D eigenvalue weighted by Gasteiger charge is 2.65. The van der Waals surface area contributed by atoms with Crippen molar-refractivity contribution in [3.05, 3.63) is 0 Å². The first-order valence-electron chi connectivity index (χ1n) is 5.12. The van der Waals surface area contributed by atoms with Gasteiger partial charge in [-0.05, 0) is 5.41 Å². The van der Waals surface area contributed by atoms with Gasteiger partial charge in [-0.2, -0.15) is 0 Å². The molecule has 0 aromatic rings. The Bertz CT molecular complexity index is 343. The molecule has 0 aromatic carbocycles. The van der Waals surface area contributed by atoms with E-state index in [2.05, 4.69) is 0 Å². The molecule has 1 saturated carbocycles. The predicted octanol–water partition coefficient (Wildman–Crippen LogP) is 0.0870. The quantitative estimate of drug-likeness (QED) is 0.646. The van der Waals surface area contributed by atoms with Crippen molar-refractivity contribution in [2.45, 2.75) is 19.8 Å². The van der Waals surface area contributed by atoms with Crippen molar-refractivity contribution < 1.29 is 28.6 Å². The van der Waals surface area contributed by atoms with Crippen LogP contribution < -0.4 is 5.32 Å². The van der Waals surface area contributed by atoms with Gasteiger partial charge in [0.1, 0.15) is 6.61 Å². The fraction of sp³-hybridized carbons (Fsp3) is 0.800. The molecular formula is C10H15F2NO4. The van der Waals surface area contributed by atoms with Gasteiger partial charge in [-0.1, -0.05) is 13.8 Å². The minimum absolute atomic E-state index is 0.712. The summed E-state index contributed by atoms with van der Waals surface area (Å²) < 4.78 is 25.3. The molecule has 1 aliphatic carbocycles. The lowest BCUT2D eigenvalue weighted by Gasteiger charge is -2.14. The van der Waals surface area contributed by atoms with Crippen molar-refractivity contribution in [2.24, 2.45) is 17.3 Å². The fourth-order valence-electron chi connectivity index (χ4n) is 1.97. The van der Waals surface area contributed by atoms with Crippen molar-refractivity contribution in [3.63, 3.8) is 0 Å². The zero-order chi connectivity index (χ0) is 13.4. The van der Waals surface area contributed by atoms with E-state index >= 15 is 0 Å². The number of carboxylic acids is 1. The molecule has 0 bridgehead atoms. The van der Waals surface area contributed by atoms with E-state index in [0.717, 1.165) is 0 Å². The molecule has 0 saturated heterocycles. The van der Waals surface area contributed by atoms with E-state index < -0.39 is 48.2 Å². The number of carbonyl (C=O) groups excluding carboxylic acids is 1. The van der Waals surface area contributed by atoms with Crippen LogP contribution >= 0.6 is 0 Å². The average Bonchev–Trinajstić information content (AvgIpc) is 2.78. The van der Waals surface area contributed by atoms with Gasteiger partial charge in [0, 0.05) is 0 Å². The van der Waals surface area contributed by atoms with Gasteiger partial charge in [0.15, 0.2) is 0 Å². The number of halogens is 2. The second-order valence-corrected chi connectivity index (χ2v) is 4.85. The molecule has 1 fully saturated rings. The second-order valence-electron chi connectivity index (χ2n) is 4.85. The van der Waals surface area contributed by atoms with Gasteiger partial charge >= 0.3 is 5.97 Å². The first-order valence-corrected chi connectivity index (χ1v) is 5.12. The standard InChI is InChI=1S/C10H15F2NO4/c1-9(2)5(6(9)8(16)17)7(15)13-3-10(11,12)4-14/h5-6,14H,3-4H2,1-2H3,(H,13,15)(H,16,17). The fourth-order valence-corrected chi connectivity index (χ4v) is 1.97. The van der Waals surface area contributed by atoms with Gasteiger partial charge in [-0.25, -0.2) is 8.78 Å². The highest BCUT2D eigenvalue weighted by atomic mass is 19.3. The van der Waals surface area contributed by atoms with Crippen molar-refractivity contribution in [1.29, 1.82) is 0 Å². The summed E-state index contributed by atoms with van der Waals surface area (Å²) >= 11 is 0. The van der Waals surface area contributed by atoms with E-state index in [-0.39, 0.29) is 0 Å². The minimum atomic E-state index is -3.38. The monoisotopic (exact) mass is 251 g/mol. The summed E-state index contributed by atoms with van der Waals surface area (Å²) in [6.07, 6.45) is 0. The highest BCUT2D eigenvalue weighted by molar-refractivity contribution is 5.91. The number of aliphatic carboxylic acids is 1. The number of alkyl halides is 2. The molecule has 2 unspecified atom stereocenters. The van der Waals surface area contributed by atoms with Crippen molar-refractivity contribution in [1.82, 2.24) is 5.32 Å². The summed E-state index contributed by atoms with van der Waals surface area (Å²) in [5.74, 6) is -6.84. The molecule has 98 valence electrons. The van der Waals surface area contributed by atoms with Crippen LogP contribution in [0.15, 0.2) is 0 Å². The molecule has 17 heavy (non-hydrogen) atoms. The molecule has 0 heterocycles. The minimum Gasteiger partial charge on any atom is -0.481 e. The average molecular weight is 251 g/mol. The first-order chi connectivity index (χ1) is 7.63. The van der Waals surface area contributed by atoms with Crippen LogP contribution in [0.2, 0.25) is 0 Å². The van der Waals surface area contributed by atoms with Crippen LogP contribution in [0.5, 0.6) is 0 Å². The number of hydrogen-bond acceptors (Lipinski definition) is 3. The maximum absolute atomic E-state index is 12.7. The molecule has 1 rings (SSSR count). The largest absolute Gasteiger partial charge is 0.481 e. The lowest BCUT2D eigenvalue weighted by atomic mass is 10.1. The van der Waals surface area contributed by atoms with E-state index in [1.54, 1.807) is 13.8 Å². The summed E-state index contributed by atoms with van der Waals surface area (Å²) in [6, 6.07) is 0. The third-order valence-corrected chi connectivity index (χ3v) is 3.13. The van der Waals surface area contributed by atoms with Crippen molar-refractivity contribution in [2.75, 3.05) is 13.2 Å². The Hall–Kier alpha value is -1.24. The summed E-state index contributed by atoms with van der Waals surface area (Å²) in [7, 11) is 0. The zero-order valence-electron chi connectivity index (χ0n) is 9.54. The number of carbonyl (C=O) groups is 2. The van der Waals surface area contributed by atoms with E-state index in [0.29, 0.717) is 0 Å². The van der Waals surface area contributed by atoms with E-state index in [4.69, 9.17) is 10.2 Å². The maximum atomic E-state index is 12.7. The van der Waals surface area contributed by atoms with Crippen LogP contribution in [-0.4, -0.2) is 41.2 Å². The molecule has 0 spiro atoms. The molecule has 1 aliphatic rings. The van der Waals surface area contributed by atoms with E-state index in [1.807, 2.05) is 5.32 Å². The molecule has 0 aromatic heterocycles. The molecule has 3 N–H and O–H groups in total. The van der Waals surface area contributed by atoms with E-state index in [9.17, 15) is 18.4 Å². The number of hydrogen-bond donors (Lipinski definition) is 3. The van der Waals surface area contributed by atoms with Gasteiger partial charge in [0.25, 0.3) is 5.92 Å². The van der Waals surface area contributed by atoms with Gasteiger partial charge in [0.05, 0.1) is 18.4 Å². The summed E-state index contributed by atoms with van der Waals surface area (Å²) in [4.78, 5) is 22.3. The maximum Gasteiger partial charge on any atom is 0.307 e. The number of rotatable bonds is 5. The molecule has 5 nitrogen and oxygen atoms in total. The topological polar surface area (TPSA) is 86.6 Å². The number of aliphatic hydroxyl groups is 1. The third-order valence-electron chi connectivity index (χ3n) is 3.13. The molecule has 2 atom stereocenters. The predicted molar refractivity (Wildman–Crippen MR) is 53.4 cm³/mol. The lowest BCUT2D eigenvalue weighted by Crippen LogP contribution is -2.40. The normalized spacial score (nSPS) is 26.4. The molecule has 7 heteroatoms. The lowest BCUT2D eigenvalue weighted by molar-refractivity contribution is -0.140. The van der Waals surface area contributed by atoms with Crippen molar-refractivity contribution >= 4 is 11.9 Å². The molecule has 1 amide bonds. The smallest absolute Gasteiger partial charge is 0.307 e. The van der Waals surface area contributed by atoms with E-state index in [1.165, 1.54) is 0 Å². The summed E-state index contributed by atoms with van der Waals surface area (Å²) in [6.45, 7) is 0.853. The number of carboxylic acid groups (broad SMARTS) is 1. The van der Waals surface area contributed by atoms with Crippen LogP contribution in [0.25, 0.3) is 0 Å². The van der Waals surface area contributed by atoms with Crippen molar-refractivity contribution in [3.8, 4) is 0 Å². The van der Waals surface area contributed by atoms with Crippen LogP contribution in [0.3, 0.4) is 0 Å². The SMILES string of the molecule is CC1(C)C(C(=O)O)C1C(=O)NCC(F)(F)CO. The summed E-state index contributed by atoms with van der Waals surface area (Å²) in [5, 5.41) is 19.1. The Morgan fingerprint density at radius 2 is 1.88 bits per heavy atom. The molecular weight excluding hydrogens is 236 g/mol. The number of amides is 1. The third kappa shape index (κ3) is 2.71. The van der Waals surface area contributed by atoms with Gasteiger partial charge in [-0.3, -0.25) is 9.59 Å². The molecule has 0 radical (unpaired) electrons. The first kappa shape index (κ1) is 13.8. The Kier molecular flexibility index (Phi) is 3.42. The summed E-state index contributed by atoms with van der Waals surface area (Å²) in [5.41, 5.74) is -0.718. The van der Waals surface area contributed by atoms with Gasteiger partial charge in [-0.15, -0.1) is 0 Å². The van der Waals surface area contributed by atoms with Crippen LogP contribution in [0.1, 0.15) is 13.8 Å². The number of aliphatic hydroxyl groups excluding tert-OH is 1. The van der Waals surface area contributed by atoms with Crippen LogP contribution in [-0.2, 0) is 9.59 Å². The Morgan fingerprint density at radius 1 is 1.35 bits per heavy atom.